The maximum Gasteiger partial charge on any atom is 0.252 e. The van der Waals surface area contributed by atoms with Crippen molar-refractivity contribution in [3.05, 3.63) is 162 Å². The molecule has 0 unspecified atom stereocenters. The molecule has 0 spiro atoms. The molecule has 0 bridgehead atoms. The first kappa shape index (κ1) is 32.6. The van der Waals surface area contributed by atoms with Crippen LogP contribution in [0.4, 0.5) is 34.1 Å². The first-order chi connectivity index (χ1) is 26.6. The van der Waals surface area contributed by atoms with Gasteiger partial charge in [0.25, 0.3) is 6.71 Å². The predicted octanol–water partition coefficient (Wildman–Crippen LogP) is 11.6. The second-order valence-corrected chi connectivity index (χ2v) is 14.8. The van der Waals surface area contributed by atoms with Crippen molar-refractivity contribution >= 4 is 79.2 Å². The third-order valence-corrected chi connectivity index (χ3v) is 11.9. The van der Waals surface area contributed by atoms with E-state index in [1.54, 1.807) is 0 Å². The van der Waals surface area contributed by atoms with Crippen molar-refractivity contribution in [2.45, 2.75) is 53.4 Å². The highest BCUT2D eigenvalue weighted by Gasteiger charge is 2.43. The van der Waals surface area contributed by atoms with Crippen LogP contribution < -0.4 is 26.2 Å². The van der Waals surface area contributed by atoms with Gasteiger partial charge in [0, 0.05) is 50.3 Å². The van der Waals surface area contributed by atoms with E-state index in [2.05, 4.69) is 177 Å². The van der Waals surface area contributed by atoms with Crippen LogP contribution in [0.2, 0.25) is 0 Å². The van der Waals surface area contributed by atoms with Gasteiger partial charge in [-0.25, -0.2) is 0 Å². The summed E-state index contributed by atoms with van der Waals surface area (Å²) in [6.07, 6.45) is 3.95. The van der Waals surface area contributed by atoms with Gasteiger partial charge in [-0.3, -0.25) is 0 Å². The zero-order valence-electron chi connectivity index (χ0n) is 31.5. The van der Waals surface area contributed by atoms with E-state index in [9.17, 15) is 0 Å². The Morgan fingerprint density at radius 2 is 1.00 bits per heavy atom. The van der Waals surface area contributed by atoms with E-state index in [1.165, 1.54) is 72.6 Å². The van der Waals surface area contributed by atoms with Gasteiger partial charge in [0.1, 0.15) is 11.2 Å². The molecule has 4 heteroatoms. The number of nitrogens with zero attached hydrogens (tertiary/aromatic N) is 2. The molecule has 0 saturated heterocycles. The van der Waals surface area contributed by atoms with Crippen molar-refractivity contribution in [2.24, 2.45) is 0 Å². The molecule has 7 aromatic carbocycles. The summed E-state index contributed by atoms with van der Waals surface area (Å²) in [5.74, 6) is 0. The fourth-order valence-corrected chi connectivity index (χ4v) is 9.07. The minimum atomic E-state index is 0.0961. The topological polar surface area (TPSA) is 19.6 Å². The third kappa shape index (κ3) is 4.89. The molecule has 2 aliphatic heterocycles. The molecule has 3 nitrogen and oxygen atoms in total. The second kappa shape index (κ2) is 12.8. The van der Waals surface area contributed by atoms with Gasteiger partial charge in [-0.1, -0.05) is 113 Å². The van der Waals surface area contributed by atoms with Crippen LogP contribution in [0, 0.1) is 0 Å². The largest absolute Gasteiger partial charge is 0.455 e. The summed E-state index contributed by atoms with van der Waals surface area (Å²) < 4.78 is 6.70. The van der Waals surface area contributed by atoms with Crippen molar-refractivity contribution < 1.29 is 4.42 Å². The molecule has 0 aliphatic carbocycles. The molecule has 262 valence electrons. The summed E-state index contributed by atoms with van der Waals surface area (Å²) in [5.41, 5.74) is 20.9. The monoisotopic (exact) mass is 698 g/mol. The fourth-order valence-electron chi connectivity index (χ4n) is 9.07. The van der Waals surface area contributed by atoms with Gasteiger partial charge in [0.05, 0.1) is 5.69 Å². The summed E-state index contributed by atoms with van der Waals surface area (Å²) in [6, 6.07) is 52.5. The van der Waals surface area contributed by atoms with Crippen LogP contribution >= 0.6 is 0 Å². The lowest BCUT2D eigenvalue weighted by Crippen LogP contribution is -2.61. The number of hydrogen-bond acceptors (Lipinski definition) is 3. The van der Waals surface area contributed by atoms with Crippen molar-refractivity contribution in [1.82, 2.24) is 0 Å². The van der Waals surface area contributed by atoms with Crippen LogP contribution in [-0.2, 0) is 25.7 Å². The lowest BCUT2D eigenvalue weighted by molar-refractivity contribution is 0.670. The van der Waals surface area contributed by atoms with E-state index in [4.69, 9.17) is 4.42 Å². The Bertz CT molecular complexity index is 2740. The van der Waals surface area contributed by atoms with Gasteiger partial charge in [0.2, 0.25) is 0 Å². The molecule has 0 fully saturated rings. The Hall–Kier alpha value is -6.00. The minimum absolute atomic E-state index is 0.0961. The molecule has 0 amide bonds. The molecule has 10 rings (SSSR count). The zero-order chi connectivity index (χ0) is 36.5. The fraction of sp³-hybridized carbons (Fsp3) is 0.160. The van der Waals surface area contributed by atoms with Gasteiger partial charge in [-0.15, -0.1) is 0 Å². The van der Waals surface area contributed by atoms with Crippen LogP contribution in [0.1, 0.15) is 49.9 Å². The van der Waals surface area contributed by atoms with E-state index in [1.807, 2.05) is 0 Å². The van der Waals surface area contributed by atoms with Crippen LogP contribution in [0.3, 0.4) is 0 Å². The van der Waals surface area contributed by atoms with E-state index < -0.39 is 0 Å². The molecular formula is C50H43BN2O. The maximum atomic E-state index is 6.70. The predicted molar refractivity (Wildman–Crippen MR) is 231 cm³/mol. The molecule has 3 heterocycles. The van der Waals surface area contributed by atoms with E-state index in [0.717, 1.165) is 58.9 Å². The van der Waals surface area contributed by atoms with Gasteiger partial charge >= 0.3 is 0 Å². The van der Waals surface area contributed by atoms with Crippen LogP contribution in [0.5, 0.6) is 0 Å². The van der Waals surface area contributed by atoms with Gasteiger partial charge < -0.3 is 14.2 Å². The number of aryl methyl sites for hydroxylation is 4. The number of benzene rings is 7. The summed E-state index contributed by atoms with van der Waals surface area (Å²) in [6.45, 7) is 9.09. The van der Waals surface area contributed by atoms with E-state index in [0.29, 0.717) is 0 Å². The Morgan fingerprint density at radius 1 is 0.444 bits per heavy atom. The Balaban J connectivity index is 1.28. The molecule has 1 aromatic heterocycles. The normalized spacial score (nSPS) is 13.0. The van der Waals surface area contributed by atoms with E-state index in [-0.39, 0.29) is 6.71 Å². The first-order valence-corrected chi connectivity index (χ1v) is 19.7. The molecule has 2 aliphatic rings. The highest BCUT2D eigenvalue weighted by Crippen LogP contribution is 2.48. The molecule has 0 N–H and O–H groups in total. The van der Waals surface area contributed by atoms with E-state index >= 15 is 0 Å². The molecular weight excluding hydrogens is 655 g/mol. The van der Waals surface area contributed by atoms with Crippen molar-refractivity contribution in [3.63, 3.8) is 0 Å². The second-order valence-electron chi connectivity index (χ2n) is 14.8. The average Bonchev–Trinajstić information content (AvgIpc) is 3.62. The molecule has 0 atom stereocenters. The first-order valence-electron chi connectivity index (χ1n) is 19.7. The standard InChI is InChI=1S/C50H43BN2O/c1-5-32-19-24-36(25-20-32)52-44-27-22-34(7-3)30-41(44)51-42-31-35(8-4)23-28-45(42)53(47-17-12-16-46(52)49(47)51)43-26-21-33(6-2)29-40(43)39-15-11-14-38-37-13-9-10-18-48(37)54-50(38)39/h9-31H,5-8H2,1-4H3. The smallest absolute Gasteiger partial charge is 0.252 e. The van der Waals surface area contributed by atoms with Gasteiger partial charge in [-0.05, 0) is 119 Å². The number of hydrogen-bond donors (Lipinski definition) is 0. The number of anilines is 6. The molecule has 0 saturated carbocycles. The summed E-state index contributed by atoms with van der Waals surface area (Å²) in [5, 5.41) is 2.29. The van der Waals surface area contributed by atoms with Crippen LogP contribution in [0.25, 0.3) is 33.1 Å². The summed E-state index contributed by atoms with van der Waals surface area (Å²) in [7, 11) is 0. The zero-order valence-corrected chi connectivity index (χ0v) is 31.5. The number of furan rings is 1. The molecule has 8 aromatic rings. The SMILES string of the molecule is CCc1ccc(N2c3ccc(CC)cc3B3c4cc(CC)ccc4N(c4ccc(CC)cc4-c4cccc5c4oc4ccccc45)c4cccc2c43)cc1. The number of rotatable bonds is 7. The minimum Gasteiger partial charge on any atom is -0.455 e. The van der Waals surface area contributed by atoms with Gasteiger partial charge in [0.15, 0.2) is 0 Å². The average molecular weight is 699 g/mol. The quantitative estimate of drug-likeness (QED) is 0.155. The van der Waals surface area contributed by atoms with Gasteiger partial charge in [-0.2, -0.15) is 0 Å². The third-order valence-electron chi connectivity index (χ3n) is 11.9. The Morgan fingerprint density at radius 3 is 1.69 bits per heavy atom. The Labute approximate surface area is 318 Å². The van der Waals surface area contributed by atoms with Crippen molar-refractivity contribution in [3.8, 4) is 11.1 Å². The maximum absolute atomic E-state index is 6.70. The Kier molecular flexibility index (Phi) is 7.76. The molecule has 0 radical (unpaired) electrons. The highest BCUT2D eigenvalue weighted by atomic mass is 16.3. The highest BCUT2D eigenvalue weighted by molar-refractivity contribution is 7.00. The summed E-state index contributed by atoms with van der Waals surface area (Å²) in [4.78, 5) is 5.06. The van der Waals surface area contributed by atoms with Crippen LogP contribution in [-0.4, -0.2) is 6.71 Å². The number of fused-ring (bicyclic) bond motifs is 7. The molecule has 54 heavy (non-hydrogen) atoms. The van der Waals surface area contributed by atoms with Crippen molar-refractivity contribution in [2.75, 3.05) is 9.80 Å². The van der Waals surface area contributed by atoms with Crippen molar-refractivity contribution in [1.29, 1.82) is 0 Å². The lowest BCUT2D eigenvalue weighted by atomic mass is 9.33. The number of para-hydroxylation sites is 2. The lowest BCUT2D eigenvalue weighted by Gasteiger charge is -2.44. The van der Waals surface area contributed by atoms with Crippen LogP contribution in [0.15, 0.2) is 144 Å². The summed E-state index contributed by atoms with van der Waals surface area (Å²) >= 11 is 0.